The number of fused-ring (bicyclic) bond motifs is 1. The molecule has 1 heterocycles. The van der Waals surface area contributed by atoms with Gasteiger partial charge in [0, 0.05) is 10.6 Å². The second-order valence-electron chi connectivity index (χ2n) is 6.24. The Morgan fingerprint density at radius 3 is 2.41 bits per heavy atom. The van der Waals surface area contributed by atoms with Gasteiger partial charge in [-0.05, 0) is 48.9 Å². The number of anilines is 3. The lowest BCUT2D eigenvalue weighted by molar-refractivity contribution is 0.0992. The van der Waals surface area contributed by atoms with Gasteiger partial charge in [0.2, 0.25) is 0 Å². The second kappa shape index (κ2) is 9.21. The second-order valence-corrected chi connectivity index (χ2v) is 7.76. The normalized spacial score (nSPS) is 12.8. The summed E-state index contributed by atoms with van der Waals surface area (Å²) < 4.78 is 0. The molecule has 29 heavy (non-hydrogen) atoms. The molecule has 0 saturated heterocycles. The van der Waals surface area contributed by atoms with Gasteiger partial charge in [0.15, 0.2) is 0 Å². The van der Waals surface area contributed by atoms with E-state index in [1.54, 1.807) is 4.90 Å². The number of hydrogen-bond acceptors (Lipinski definition) is 3. The number of benzene rings is 3. The van der Waals surface area contributed by atoms with Crippen molar-refractivity contribution in [1.82, 2.24) is 0 Å². The van der Waals surface area contributed by atoms with Crippen LogP contribution in [0.4, 0.5) is 17.1 Å². The van der Waals surface area contributed by atoms with Crippen molar-refractivity contribution in [2.45, 2.75) is 25.7 Å². The highest BCUT2D eigenvalue weighted by atomic mass is 35.5. The van der Waals surface area contributed by atoms with E-state index in [1.165, 1.54) is 11.8 Å². The van der Waals surface area contributed by atoms with E-state index in [4.69, 9.17) is 11.6 Å². The molecule has 3 nitrogen and oxygen atoms in total. The molecule has 3 aromatic rings. The summed E-state index contributed by atoms with van der Waals surface area (Å²) in [6, 6.07) is 21.1. The van der Waals surface area contributed by atoms with Crippen molar-refractivity contribution in [2.24, 2.45) is 0 Å². The lowest BCUT2D eigenvalue weighted by Gasteiger charge is -2.31. The van der Waals surface area contributed by atoms with Gasteiger partial charge in [0.1, 0.15) is 0 Å². The molecule has 3 aromatic carbocycles. The minimum Gasteiger partial charge on any atom is -0.354 e. The third kappa shape index (κ3) is 4.34. The summed E-state index contributed by atoms with van der Waals surface area (Å²) in [4.78, 5) is 15.8. The molecule has 0 saturated carbocycles. The third-order valence-electron chi connectivity index (χ3n) is 4.40. The van der Waals surface area contributed by atoms with E-state index < -0.39 is 0 Å². The number of amides is 1. The van der Waals surface area contributed by atoms with Crippen molar-refractivity contribution in [3.8, 4) is 0 Å². The maximum absolute atomic E-state index is 13.2. The van der Waals surface area contributed by atoms with Crippen LogP contribution in [-0.2, 0) is 0 Å². The molecule has 1 amide bonds. The molecular formula is C24H23ClN2OS. The number of nitrogens with one attached hydrogen (secondary N) is 1. The summed E-state index contributed by atoms with van der Waals surface area (Å²) in [5, 5.41) is 4.62. The van der Waals surface area contributed by atoms with Gasteiger partial charge in [-0.1, -0.05) is 74.1 Å². The average molecular weight is 423 g/mol. The minimum atomic E-state index is -0.0779. The largest absolute Gasteiger partial charge is 0.354 e. The number of thioether (sulfide) groups is 1. The number of carbonyl (C=O) groups excluding carboxylic acids is 1. The van der Waals surface area contributed by atoms with Gasteiger partial charge in [0.05, 0.1) is 27.0 Å². The molecule has 0 aromatic heterocycles. The first kappa shape index (κ1) is 21.0. The van der Waals surface area contributed by atoms with Crippen LogP contribution in [-0.4, -0.2) is 5.91 Å². The molecule has 1 aliphatic rings. The molecule has 1 N–H and O–H groups in total. The zero-order valence-corrected chi connectivity index (χ0v) is 18.3. The van der Waals surface area contributed by atoms with E-state index in [-0.39, 0.29) is 5.91 Å². The molecule has 1 aliphatic heterocycles. The van der Waals surface area contributed by atoms with Crippen molar-refractivity contribution >= 4 is 46.3 Å². The molecule has 148 valence electrons. The van der Waals surface area contributed by atoms with Gasteiger partial charge in [-0.25, -0.2) is 0 Å². The molecule has 0 radical (unpaired) electrons. The van der Waals surface area contributed by atoms with Crippen LogP contribution in [0, 0.1) is 6.92 Å². The Balaban J connectivity index is 0.00000117. The van der Waals surface area contributed by atoms with Gasteiger partial charge in [-0.3, -0.25) is 9.69 Å². The Kier molecular flexibility index (Phi) is 6.68. The van der Waals surface area contributed by atoms with Crippen LogP contribution in [0.2, 0.25) is 5.02 Å². The van der Waals surface area contributed by atoms with Crippen LogP contribution >= 0.6 is 23.4 Å². The Morgan fingerprint density at radius 2 is 1.69 bits per heavy atom. The Morgan fingerprint density at radius 1 is 1.00 bits per heavy atom. The minimum absolute atomic E-state index is 0.0779. The molecule has 4 rings (SSSR count). The Bertz CT molecular complexity index is 1060. The van der Waals surface area contributed by atoms with Crippen molar-refractivity contribution < 1.29 is 4.79 Å². The van der Waals surface area contributed by atoms with Crippen LogP contribution in [0.1, 0.15) is 29.8 Å². The predicted octanol–water partition coefficient (Wildman–Crippen LogP) is 7.64. The number of para-hydroxylation sites is 2. The summed E-state index contributed by atoms with van der Waals surface area (Å²) in [5.74, 6) is -0.0779. The average Bonchev–Trinajstić information content (AvgIpc) is 2.73. The first-order valence-electron chi connectivity index (χ1n) is 9.47. The van der Waals surface area contributed by atoms with Gasteiger partial charge in [-0.15, -0.1) is 0 Å². The quantitative estimate of drug-likeness (QED) is 0.470. The van der Waals surface area contributed by atoms with Crippen LogP contribution in [0.25, 0.3) is 0 Å². The summed E-state index contributed by atoms with van der Waals surface area (Å²) >= 11 is 7.73. The molecule has 0 unspecified atom stereocenters. The van der Waals surface area contributed by atoms with Crippen molar-refractivity contribution in [3.05, 3.63) is 94.5 Å². The zero-order valence-electron chi connectivity index (χ0n) is 16.7. The highest BCUT2D eigenvalue weighted by molar-refractivity contribution is 8.03. The fraction of sp³-hybridized carbons (Fsp3) is 0.125. The standard InChI is InChI=1S/C22H17ClN2OS.C2H6/c1-14-7-3-6-10-20(14)25-15(2)27-21-12-11-16(13-17(21)22(25)26)24-19-9-5-4-8-18(19)23;1-2/h3-13,24H,2H2,1H3;1-2H3. The number of carbonyl (C=O) groups is 1. The van der Waals surface area contributed by atoms with E-state index in [9.17, 15) is 4.79 Å². The fourth-order valence-electron chi connectivity index (χ4n) is 3.05. The molecule has 0 spiro atoms. The van der Waals surface area contributed by atoms with E-state index >= 15 is 0 Å². The molecule has 0 atom stereocenters. The molecule has 0 bridgehead atoms. The fourth-order valence-corrected chi connectivity index (χ4v) is 4.15. The number of rotatable bonds is 3. The van der Waals surface area contributed by atoms with Crippen molar-refractivity contribution in [3.63, 3.8) is 0 Å². The van der Waals surface area contributed by atoms with Crippen molar-refractivity contribution in [2.75, 3.05) is 10.2 Å². The molecule has 0 aliphatic carbocycles. The highest BCUT2D eigenvalue weighted by Crippen LogP contribution is 2.42. The first-order chi connectivity index (χ1) is 14.0. The number of aryl methyl sites for hydroxylation is 1. The van der Waals surface area contributed by atoms with Crippen LogP contribution < -0.4 is 10.2 Å². The van der Waals surface area contributed by atoms with Crippen LogP contribution in [0.3, 0.4) is 0 Å². The SMILES string of the molecule is C=C1Sc2ccc(Nc3ccccc3Cl)cc2C(=O)N1c1ccccc1C.CC. The number of halogens is 1. The van der Waals surface area contributed by atoms with E-state index in [1.807, 2.05) is 87.5 Å². The zero-order chi connectivity index (χ0) is 21.0. The predicted molar refractivity (Wildman–Crippen MR) is 126 cm³/mol. The van der Waals surface area contributed by atoms with Crippen LogP contribution in [0.5, 0.6) is 0 Å². The third-order valence-corrected chi connectivity index (χ3v) is 5.72. The van der Waals surface area contributed by atoms with Gasteiger partial charge in [-0.2, -0.15) is 0 Å². The first-order valence-corrected chi connectivity index (χ1v) is 10.7. The van der Waals surface area contributed by atoms with Gasteiger partial charge >= 0.3 is 0 Å². The Hall–Kier alpha value is -2.69. The topological polar surface area (TPSA) is 32.3 Å². The van der Waals surface area contributed by atoms with Gasteiger partial charge < -0.3 is 5.32 Å². The smallest absolute Gasteiger partial charge is 0.264 e. The summed E-state index contributed by atoms with van der Waals surface area (Å²) in [5.41, 5.74) is 4.15. The summed E-state index contributed by atoms with van der Waals surface area (Å²) in [7, 11) is 0. The highest BCUT2D eigenvalue weighted by Gasteiger charge is 2.30. The lowest BCUT2D eigenvalue weighted by Crippen LogP contribution is -2.32. The summed E-state index contributed by atoms with van der Waals surface area (Å²) in [6.07, 6.45) is 0. The van der Waals surface area contributed by atoms with Crippen LogP contribution in [0.15, 0.2) is 83.2 Å². The maximum Gasteiger partial charge on any atom is 0.264 e. The monoisotopic (exact) mass is 422 g/mol. The lowest BCUT2D eigenvalue weighted by atomic mass is 10.1. The number of nitrogens with zero attached hydrogens (tertiary/aromatic N) is 1. The molecular weight excluding hydrogens is 400 g/mol. The molecule has 5 heteroatoms. The van der Waals surface area contributed by atoms with Gasteiger partial charge in [0.25, 0.3) is 5.91 Å². The number of hydrogen-bond donors (Lipinski definition) is 1. The molecule has 0 fully saturated rings. The van der Waals surface area contributed by atoms with E-state index in [2.05, 4.69) is 11.9 Å². The Labute approximate surface area is 181 Å². The maximum atomic E-state index is 13.2. The summed E-state index contributed by atoms with van der Waals surface area (Å²) in [6.45, 7) is 10.1. The van der Waals surface area contributed by atoms with E-state index in [0.717, 1.165) is 27.5 Å². The van der Waals surface area contributed by atoms with E-state index in [0.29, 0.717) is 15.6 Å². The van der Waals surface area contributed by atoms with Crippen molar-refractivity contribution in [1.29, 1.82) is 0 Å².